The van der Waals surface area contributed by atoms with Crippen LogP contribution in [0.2, 0.25) is 0 Å². The zero-order valence-electron chi connectivity index (χ0n) is 17.4. The first-order chi connectivity index (χ1) is 14.5. The second-order valence-electron chi connectivity index (χ2n) is 8.17. The number of hydrogen-bond acceptors (Lipinski definition) is 5. The van der Waals surface area contributed by atoms with Crippen LogP contribution in [0, 0.1) is 0 Å². The third kappa shape index (κ3) is 4.27. The Balaban J connectivity index is 1.47. The molecule has 1 saturated heterocycles. The number of rotatable bonds is 5. The highest BCUT2D eigenvalue weighted by atomic mass is 32.2. The van der Waals surface area contributed by atoms with Gasteiger partial charge in [0.15, 0.2) is 5.82 Å². The van der Waals surface area contributed by atoms with Gasteiger partial charge in [-0.15, -0.1) is 10.2 Å². The lowest BCUT2D eigenvalue weighted by Crippen LogP contribution is -2.42. The third-order valence-corrected chi connectivity index (χ3v) is 8.05. The van der Waals surface area contributed by atoms with Crippen LogP contribution in [0.1, 0.15) is 67.5 Å². The SMILES string of the molecule is CC1CCCCN1S(=O)(=O)c1cccc(C(=O)NCc2nnc3n2CCCCC3)c1. The second-order valence-corrected chi connectivity index (χ2v) is 10.1. The van der Waals surface area contributed by atoms with Crippen molar-refractivity contribution in [3.8, 4) is 0 Å². The molecule has 30 heavy (non-hydrogen) atoms. The van der Waals surface area contributed by atoms with Crippen LogP contribution >= 0.6 is 0 Å². The predicted octanol–water partition coefficient (Wildman–Crippen LogP) is 2.50. The van der Waals surface area contributed by atoms with Crippen LogP contribution in [-0.4, -0.2) is 46.0 Å². The van der Waals surface area contributed by atoms with Crippen molar-refractivity contribution in [3.63, 3.8) is 0 Å². The number of sulfonamides is 1. The molecule has 1 aromatic carbocycles. The van der Waals surface area contributed by atoms with E-state index in [9.17, 15) is 13.2 Å². The molecule has 1 unspecified atom stereocenters. The van der Waals surface area contributed by atoms with E-state index < -0.39 is 10.0 Å². The molecule has 3 heterocycles. The van der Waals surface area contributed by atoms with Crippen LogP contribution in [0.5, 0.6) is 0 Å². The van der Waals surface area contributed by atoms with E-state index in [1.54, 1.807) is 22.5 Å². The summed E-state index contributed by atoms with van der Waals surface area (Å²) < 4.78 is 29.8. The number of aryl methyl sites for hydroxylation is 1. The maximum Gasteiger partial charge on any atom is 0.251 e. The smallest absolute Gasteiger partial charge is 0.251 e. The van der Waals surface area contributed by atoms with Gasteiger partial charge in [-0.25, -0.2) is 8.42 Å². The molecule has 2 aliphatic heterocycles. The molecule has 0 saturated carbocycles. The Labute approximate surface area is 177 Å². The molecule has 0 bridgehead atoms. The van der Waals surface area contributed by atoms with Gasteiger partial charge in [0, 0.05) is 31.1 Å². The monoisotopic (exact) mass is 431 g/mol. The number of nitrogens with one attached hydrogen (secondary N) is 1. The summed E-state index contributed by atoms with van der Waals surface area (Å²) in [6, 6.07) is 6.27. The lowest BCUT2D eigenvalue weighted by molar-refractivity contribution is 0.0949. The van der Waals surface area contributed by atoms with Crippen molar-refractivity contribution in [2.45, 2.75) is 75.9 Å². The quantitative estimate of drug-likeness (QED) is 0.784. The summed E-state index contributed by atoms with van der Waals surface area (Å²) in [6.07, 6.45) is 7.06. The minimum absolute atomic E-state index is 0.0237. The van der Waals surface area contributed by atoms with E-state index in [1.807, 2.05) is 6.92 Å². The molecular weight excluding hydrogens is 402 g/mol. The maximum absolute atomic E-state index is 13.1. The Hall–Kier alpha value is -2.26. The van der Waals surface area contributed by atoms with Crippen molar-refractivity contribution < 1.29 is 13.2 Å². The highest BCUT2D eigenvalue weighted by Gasteiger charge is 2.31. The normalized spacial score (nSPS) is 20.4. The van der Waals surface area contributed by atoms with Crippen LogP contribution in [-0.2, 0) is 29.5 Å². The van der Waals surface area contributed by atoms with Crippen molar-refractivity contribution in [2.75, 3.05) is 6.54 Å². The Morgan fingerprint density at radius 2 is 1.97 bits per heavy atom. The van der Waals surface area contributed by atoms with Gasteiger partial charge in [0.2, 0.25) is 10.0 Å². The molecule has 1 aromatic heterocycles. The van der Waals surface area contributed by atoms with Gasteiger partial charge in [-0.2, -0.15) is 4.31 Å². The van der Waals surface area contributed by atoms with Gasteiger partial charge in [-0.05, 0) is 50.8 Å². The van der Waals surface area contributed by atoms with Crippen LogP contribution in [0.15, 0.2) is 29.2 Å². The number of fused-ring (bicyclic) bond motifs is 1. The van der Waals surface area contributed by atoms with Gasteiger partial charge >= 0.3 is 0 Å². The Bertz CT molecular complexity index is 1020. The van der Waals surface area contributed by atoms with E-state index in [0.717, 1.165) is 56.7 Å². The van der Waals surface area contributed by atoms with Gasteiger partial charge in [0.1, 0.15) is 5.82 Å². The number of benzene rings is 1. The largest absolute Gasteiger partial charge is 0.345 e. The molecule has 1 fully saturated rings. The van der Waals surface area contributed by atoms with E-state index in [0.29, 0.717) is 12.1 Å². The van der Waals surface area contributed by atoms with Crippen LogP contribution in [0.4, 0.5) is 0 Å². The van der Waals surface area contributed by atoms with E-state index >= 15 is 0 Å². The molecule has 4 rings (SSSR count). The second kappa shape index (κ2) is 8.85. The number of aromatic nitrogens is 3. The predicted molar refractivity (Wildman–Crippen MR) is 112 cm³/mol. The average Bonchev–Trinajstić information content (AvgIpc) is 2.98. The number of piperidine rings is 1. The molecular formula is C21H29N5O3S. The molecule has 0 radical (unpaired) electrons. The summed E-state index contributed by atoms with van der Waals surface area (Å²) in [5.74, 6) is 1.40. The fourth-order valence-electron chi connectivity index (χ4n) is 4.30. The van der Waals surface area contributed by atoms with Crippen molar-refractivity contribution >= 4 is 15.9 Å². The first-order valence-corrected chi connectivity index (χ1v) is 12.2. The zero-order valence-corrected chi connectivity index (χ0v) is 18.2. The number of nitrogens with zero attached hydrogens (tertiary/aromatic N) is 4. The Morgan fingerprint density at radius 3 is 2.80 bits per heavy atom. The van der Waals surface area contributed by atoms with Crippen molar-refractivity contribution in [1.82, 2.24) is 24.4 Å². The molecule has 0 aliphatic carbocycles. The highest BCUT2D eigenvalue weighted by molar-refractivity contribution is 7.89. The lowest BCUT2D eigenvalue weighted by Gasteiger charge is -2.32. The summed E-state index contributed by atoms with van der Waals surface area (Å²) in [7, 11) is -3.61. The minimum atomic E-state index is -3.61. The first kappa shape index (κ1) is 21.0. The fraction of sp³-hybridized carbons (Fsp3) is 0.571. The summed E-state index contributed by atoms with van der Waals surface area (Å²) >= 11 is 0. The summed E-state index contributed by atoms with van der Waals surface area (Å²) in [5.41, 5.74) is 0.330. The maximum atomic E-state index is 13.1. The molecule has 8 nitrogen and oxygen atoms in total. The fourth-order valence-corrected chi connectivity index (χ4v) is 6.05. The van der Waals surface area contributed by atoms with Crippen LogP contribution in [0.3, 0.4) is 0 Å². The number of amides is 1. The van der Waals surface area contributed by atoms with Crippen molar-refractivity contribution in [1.29, 1.82) is 0 Å². The molecule has 1 atom stereocenters. The third-order valence-electron chi connectivity index (χ3n) is 6.04. The van der Waals surface area contributed by atoms with E-state index in [1.165, 1.54) is 12.5 Å². The molecule has 1 N–H and O–H groups in total. The van der Waals surface area contributed by atoms with Gasteiger partial charge in [-0.3, -0.25) is 4.79 Å². The van der Waals surface area contributed by atoms with Gasteiger partial charge in [0.05, 0.1) is 11.4 Å². The standard InChI is InChI=1S/C21H29N5O3S/c1-16-8-4-6-13-26(16)30(28,29)18-10-7-9-17(14-18)21(27)22-15-20-24-23-19-11-3-2-5-12-25(19)20/h7,9-10,14,16H,2-6,8,11-13,15H2,1H3,(H,22,27). The van der Waals surface area contributed by atoms with Crippen molar-refractivity contribution in [3.05, 3.63) is 41.5 Å². The summed E-state index contributed by atoms with van der Waals surface area (Å²) in [6.45, 7) is 3.61. The van der Waals surface area contributed by atoms with E-state index in [2.05, 4.69) is 20.1 Å². The topological polar surface area (TPSA) is 97.2 Å². The average molecular weight is 432 g/mol. The Morgan fingerprint density at radius 1 is 1.13 bits per heavy atom. The van der Waals surface area contributed by atoms with Gasteiger partial charge in [0.25, 0.3) is 5.91 Å². The number of hydrogen-bond donors (Lipinski definition) is 1. The van der Waals surface area contributed by atoms with Crippen LogP contribution < -0.4 is 5.32 Å². The lowest BCUT2D eigenvalue weighted by atomic mass is 10.1. The number of carbonyl (C=O) groups is 1. The molecule has 0 spiro atoms. The van der Waals surface area contributed by atoms with E-state index in [-0.39, 0.29) is 23.4 Å². The van der Waals surface area contributed by atoms with Crippen LogP contribution in [0.25, 0.3) is 0 Å². The molecule has 2 aromatic rings. The van der Waals surface area contributed by atoms with Gasteiger partial charge in [-0.1, -0.05) is 18.9 Å². The van der Waals surface area contributed by atoms with Crippen molar-refractivity contribution in [2.24, 2.45) is 0 Å². The molecule has 9 heteroatoms. The summed E-state index contributed by atoms with van der Waals surface area (Å²) in [5, 5.41) is 11.3. The first-order valence-electron chi connectivity index (χ1n) is 10.8. The molecule has 162 valence electrons. The van der Waals surface area contributed by atoms with Gasteiger partial charge < -0.3 is 9.88 Å². The number of carbonyl (C=O) groups excluding carboxylic acids is 1. The zero-order chi connectivity index (χ0) is 21.1. The Kier molecular flexibility index (Phi) is 6.19. The highest BCUT2D eigenvalue weighted by Crippen LogP contribution is 2.25. The summed E-state index contributed by atoms with van der Waals surface area (Å²) in [4.78, 5) is 12.9. The van der Waals surface area contributed by atoms with E-state index in [4.69, 9.17) is 0 Å². The minimum Gasteiger partial charge on any atom is -0.345 e. The molecule has 1 amide bonds. The molecule has 2 aliphatic rings.